The first kappa shape index (κ1) is 23.2. The average Bonchev–Trinajstić information content (AvgIpc) is 2.65. The number of hydrogen-bond donors (Lipinski definition) is 1. The largest absolute Gasteiger partial charge is 0.352 e. The Balaban J connectivity index is 2.34. The fourth-order valence-electron chi connectivity index (χ4n) is 3.14. The molecule has 0 heterocycles. The van der Waals surface area contributed by atoms with Crippen molar-refractivity contribution in [3.8, 4) is 0 Å². The number of carbonyl (C=O) groups excluding carboxylic acids is 2. The lowest BCUT2D eigenvalue weighted by molar-refractivity contribution is -0.141. The molecule has 0 aliphatic heterocycles. The molecule has 2 rings (SSSR count). The highest BCUT2D eigenvalue weighted by Gasteiger charge is 2.29. The summed E-state index contributed by atoms with van der Waals surface area (Å²) in [4.78, 5) is 27.7. The summed E-state index contributed by atoms with van der Waals surface area (Å²) in [6.45, 7) is 8.06. The molecule has 0 aliphatic carbocycles. The molecule has 1 atom stereocenters. The van der Waals surface area contributed by atoms with Gasteiger partial charge in [0.2, 0.25) is 11.8 Å². The molecule has 156 valence electrons. The van der Waals surface area contributed by atoms with Gasteiger partial charge < -0.3 is 10.2 Å². The highest BCUT2D eigenvalue weighted by Crippen LogP contribution is 2.26. The van der Waals surface area contributed by atoms with E-state index in [9.17, 15) is 9.59 Å². The normalized spacial score (nSPS) is 12.0. The Bertz CT molecular complexity index is 830. The highest BCUT2D eigenvalue weighted by molar-refractivity contribution is 6.36. The molecule has 2 aromatic carbocycles. The minimum atomic E-state index is -0.576. The third-order valence-electron chi connectivity index (χ3n) is 4.68. The molecule has 1 N–H and O–H groups in total. The standard InChI is InChI=1S/C23H28Cl2N2O2/c1-5-21(23(29)26-15(2)3)27(14-17-11-9-16(4)10-12-17)22(28)13-18-19(24)7-6-8-20(18)25/h6-12,15,21H,5,13-14H2,1-4H3,(H,26,29). The Morgan fingerprint density at radius 3 is 2.14 bits per heavy atom. The smallest absolute Gasteiger partial charge is 0.243 e. The molecule has 0 aromatic heterocycles. The lowest BCUT2D eigenvalue weighted by Gasteiger charge is -2.31. The number of nitrogens with zero attached hydrogens (tertiary/aromatic N) is 1. The van der Waals surface area contributed by atoms with E-state index in [0.29, 0.717) is 28.6 Å². The lowest BCUT2D eigenvalue weighted by atomic mass is 10.1. The van der Waals surface area contributed by atoms with Crippen molar-refractivity contribution in [1.82, 2.24) is 10.2 Å². The van der Waals surface area contributed by atoms with E-state index >= 15 is 0 Å². The van der Waals surface area contributed by atoms with Gasteiger partial charge in [-0.2, -0.15) is 0 Å². The molecular weight excluding hydrogens is 407 g/mol. The molecule has 2 amide bonds. The van der Waals surface area contributed by atoms with E-state index in [0.717, 1.165) is 11.1 Å². The summed E-state index contributed by atoms with van der Waals surface area (Å²) in [5.74, 6) is -0.348. The predicted molar refractivity (Wildman–Crippen MR) is 119 cm³/mol. The van der Waals surface area contributed by atoms with Crippen LogP contribution < -0.4 is 5.32 Å². The Morgan fingerprint density at radius 1 is 1.03 bits per heavy atom. The molecule has 0 fully saturated rings. The molecule has 2 aromatic rings. The van der Waals surface area contributed by atoms with Crippen molar-refractivity contribution in [3.63, 3.8) is 0 Å². The van der Waals surface area contributed by atoms with Crippen molar-refractivity contribution in [2.24, 2.45) is 0 Å². The van der Waals surface area contributed by atoms with Crippen LogP contribution >= 0.6 is 23.2 Å². The maximum absolute atomic E-state index is 13.3. The summed E-state index contributed by atoms with van der Waals surface area (Å²) in [7, 11) is 0. The van der Waals surface area contributed by atoms with E-state index < -0.39 is 6.04 Å². The maximum atomic E-state index is 13.3. The number of halogens is 2. The van der Waals surface area contributed by atoms with Crippen molar-refractivity contribution in [1.29, 1.82) is 0 Å². The highest BCUT2D eigenvalue weighted by atomic mass is 35.5. The van der Waals surface area contributed by atoms with Crippen LogP contribution in [0.1, 0.15) is 43.9 Å². The Labute approximate surface area is 183 Å². The molecular formula is C23H28Cl2N2O2. The van der Waals surface area contributed by atoms with Gasteiger partial charge >= 0.3 is 0 Å². The molecule has 29 heavy (non-hydrogen) atoms. The summed E-state index contributed by atoms with van der Waals surface area (Å²) >= 11 is 12.5. The van der Waals surface area contributed by atoms with Crippen molar-refractivity contribution in [2.45, 2.75) is 59.2 Å². The van der Waals surface area contributed by atoms with E-state index in [1.807, 2.05) is 52.0 Å². The summed E-state index contributed by atoms with van der Waals surface area (Å²) in [5.41, 5.74) is 2.68. The zero-order valence-corrected chi connectivity index (χ0v) is 18.8. The minimum Gasteiger partial charge on any atom is -0.352 e. The number of hydrogen-bond acceptors (Lipinski definition) is 2. The van der Waals surface area contributed by atoms with E-state index in [1.54, 1.807) is 23.1 Å². The first-order valence-electron chi connectivity index (χ1n) is 9.81. The Hall–Kier alpha value is -2.04. The van der Waals surface area contributed by atoms with Crippen LogP contribution in [-0.2, 0) is 22.6 Å². The Kier molecular flexibility index (Phi) is 8.54. The van der Waals surface area contributed by atoms with Crippen molar-refractivity contribution in [2.75, 3.05) is 0 Å². The molecule has 6 heteroatoms. The van der Waals surface area contributed by atoms with Crippen LogP contribution in [0.3, 0.4) is 0 Å². The van der Waals surface area contributed by atoms with Crippen LogP contribution in [-0.4, -0.2) is 28.8 Å². The SMILES string of the molecule is CCC(C(=O)NC(C)C)N(Cc1ccc(C)cc1)C(=O)Cc1c(Cl)cccc1Cl. The zero-order chi connectivity index (χ0) is 21.6. The van der Waals surface area contributed by atoms with Gasteiger partial charge in [-0.25, -0.2) is 0 Å². The first-order valence-corrected chi connectivity index (χ1v) is 10.6. The fourth-order valence-corrected chi connectivity index (χ4v) is 3.68. The third kappa shape index (κ3) is 6.48. The van der Waals surface area contributed by atoms with Crippen molar-refractivity contribution >= 4 is 35.0 Å². The molecule has 0 radical (unpaired) electrons. The van der Waals surface area contributed by atoms with E-state index in [1.165, 1.54) is 0 Å². The van der Waals surface area contributed by atoms with Crippen LogP contribution in [0.15, 0.2) is 42.5 Å². The van der Waals surface area contributed by atoms with Crippen LogP contribution in [0.4, 0.5) is 0 Å². The number of benzene rings is 2. The fraction of sp³-hybridized carbons (Fsp3) is 0.391. The monoisotopic (exact) mass is 434 g/mol. The number of amides is 2. The molecule has 0 aliphatic rings. The molecule has 0 bridgehead atoms. The number of nitrogens with one attached hydrogen (secondary N) is 1. The molecule has 0 saturated carbocycles. The van der Waals surface area contributed by atoms with Gasteiger partial charge in [-0.15, -0.1) is 0 Å². The number of rotatable bonds is 8. The van der Waals surface area contributed by atoms with Gasteiger partial charge in [-0.05, 0) is 50.5 Å². The van der Waals surface area contributed by atoms with Gasteiger partial charge in [0.1, 0.15) is 6.04 Å². The number of aryl methyl sites for hydroxylation is 1. The molecule has 1 unspecified atom stereocenters. The van der Waals surface area contributed by atoms with E-state index in [4.69, 9.17) is 23.2 Å². The van der Waals surface area contributed by atoms with Gasteiger partial charge in [-0.1, -0.05) is 66.0 Å². The number of carbonyl (C=O) groups is 2. The second-order valence-corrected chi connectivity index (χ2v) is 8.29. The van der Waals surface area contributed by atoms with Crippen LogP contribution in [0, 0.1) is 6.92 Å². The van der Waals surface area contributed by atoms with Crippen LogP contribution in [0.5, 0.6) is 0 Å². The maximum Gasteiger partial charge on any atom is 0.243 e. The van der Waals surface area contributed by atoms with E-state index in [2.05, 4.69) is 5.32 Å². The van der Waals surface area contributed by atoms with Gasteiger partial charge in [0, 0.05) is 22.6 Å². The van der Waals surface area contributed by atoms with E-state index in [-0.39, 0.29) is 24.3 Å². The van der Waals surface area contributed by atoms with Crippen molar-refractivity contribution in [3.05, 3.63) is 69.2 Å². The van der Waals surface area contributed by atoms with Crippen LogP contribution in [0.2, 0.25) is 10.0 Å². The van der Waals surface area contributed by atoms with Gasteiger partial charge in [0.05, 0.1) is 6.42 Å². The van der Waals surface area contributed by atoms with Crippen LogP contribution in [0.25, 0.3) is 0 Å². The first-order chi connectivity index (χ1) is 13.7. The quantitative estimate of drug-likeness (QED) is 0.622. The summed E-state index contributed by atoms with van der Waals surface area (Å²) in [5, 5.41) is 3.82. The third-order valence-corrected chi connectivity index (χ3v) is 5.39. The molecule has 0 saturated heterocycles. The lowest BCUT2D eigenvalue weighted by Crippen LogP contribution is -2.50. The van der Waals surface area contributed by atoms with Gasteiger partial charge in [-0.3, -0.25) is 9.59 Å². The topological polar surface area (TPSA) is 49.4 Å². The average molecular weight is 435 g/mol. The second-order valence-electron chi connectivity index (χ2n) is 7.47. The zero-order valence-electron chi connectivity index (χ0n) is 17.3. The Morgan fingerprint density at radius 2 is 1.62 bits per heavy atom. The summed E-state index contributed by atoms with van der Waals surface area (Å²) in [6.07, 6.45) is 0.544. The predicted octanol–water partition coefficient (Wildman–Crippen LogP) is 5.18. The second kappa shape index (κ2) is 10.7. The van der Waals surface area contributed by atoms with Gasteiger partial charge in [0.25, 0.3) is 0 Å². The summed E-state index contributed by atoms with van der Waals surface area (Å²) in [6, 6.07) is 12.5. The molecule has 4 nitrogen and oxygen atoms in total. The minimum absolute atomic E-state index is 0.00844. The molecule has 0 spiro atoms. The van der Waals surface area contributed by atoms with Crippen molar-refractivity contribution < 1.29 is 9.59 Å². The van der Waals surface area contributed by atoms with Gasteiger partial charge in [0.15, 0.2) is 0 Å². The summed E-state index contributed by atoms with van der Waals surface area (Å²) < 4.78 is 0.